The van der Waals surface area contributed by atoms with Crippen LogP contribution in [0.5, 0.6) is 0 Å². The number of sulfone groups is 1. The summed E-state index contributed by atoms with van der Waals surface area (Å²) in [5, 5.41) is 7.51. The molecule has 2 N–H and O–H groups in total. The SMILES string of the molecule is O=C(NCCc1ccc(Cl)cc1)c1cccc(NC2=N[C@@H]3CS(=O)(=O)C[C@H]3S2)c1. The van der Waals surface area contributed by atoms with Crippen LogP contribution in [0, 0.1) is 0 Å². The number of hydrogen-bond donors (Lipinski definition) is 2. The fourth-order valence-corrected chi connectivity index (χ4v) is 7.15. The van der Waals surface area contributed by atoms with Crippen LogP contribution in [0.2, 0.25) is 5.02 Å². The number of rotatable bonds is 5. The van der Waals surface area contributed by atoms with Gasteiger partial charge in [0.2, 0.25) is 0 Å². The van der Waals surface area contributed by atoms with E-state index in [2.05, 4.69) is 15.6 Å². The number of halogens is 1. The van der Waals surface area contributed by atoms with E-state index < -0.39 is 9.84 Å². The van der Waals surface area contributed by atoms with E-state index in [4.69, 9.17) is 11.6 Å². The number of thioether (sulfide) groups is 1. The Morgan fingerprint density at radius 3 is 2.72 bits per heavy atom. The minimum absolute atomic E-state index is 0.0122. The average Bonchev–Trinajstić information content (AvgIpc) is 3.16. The number of benzene rings is 2. The van der Waals surface area contributed by atoms with Crippen molar-refractivity contribution in [2.75, 3.05) is 23.4 Å². The number of anilines is 1. The molecule has 1 saturated heterocycles. The molecular weight excluding hydrogens is 430 g/mol. The van der Waals surface area contributed by atoms with Gasteiger partial charge >= 0.3 is 0 Å². The first-order chi connectivity index (χ1) is 13.9. The lowest BCUT2D eigenvalue weighted by Gasteiger charge is -2.09. The summed E-state index contributed by atoms with van der Waals surface area (Å²) in [5.41, 5.74) is 2.41. The van der Waals surface area contributed by atoms with Gasteiger partial charge in [0.15, 0.2) is 15.0 Å². The molecule has 1 fully saturated rings. The molecule has 2 aromatic rings. The van der Waals surface area contributed by atoms with Gasteiger partial charge in [0.1, 0.15) is 0 Å². The van der Waals surface area contributed by atoms with Crippen LogP contribution in [0.4, 0.5) is 5.69 Å². The maximum atomic E-state index is 12.4. The van der Waals surface area contributed by atoms with Gasteiger partial charge in [-0.15, -0.1) is 0 Å². The number of aliphatic imine (C=N–C) groups is 1. The number of nitrogens with one attached hydrogen (secondary N) is 2. The molecule has 6 nitrogen and oxygen atoms in total. The summed E-state index contributed by atoms with van der Waals surface area (Å²) in [6.07, 6.45) is 0.722. The van der Waals surface area contributed by atoms with Gasteiger partial charge in [0.05, 0.1) is 17.5 Å². The molecule has 2 aromatic carbocycles. The minimum Gasteiger partial charge on any atom is -0.352 e. The smallest absolute Gasteiger partial charge is 0.251 e. The molecule has 0 radical (unpaired) electrons. The zero-order valence-corrected chi connectivity index (χ0v) is 17.9. The highest BCUT2D eigenvalue weighted by Crippen LogP contribution is 2.34. The Morgan fingerprint density at radius 2 is 1.97 bits per heavy atom. The van der Waals surface area contributed by atoms with Crippen LogP contribution in [-0.4, -0.2) is 48.8 Å². The van der Waals surface area contributed by atoms with Crippen molar-refractivity contribution < 1.29 is 13.2 Å². The number of carbonyl (C=O) groups excluding carboxylic acids is 1. The van der Waals surface area contributed by atoms with Crippen LogP contribution in [0.25, 0.3) is 0 Å². The molecule has 2 heterocycles. The third kappa shape index (κ3) is 5.12. The van der Waals surface area contributed by atoms with Crippen LogP contribution in [0.1, 0.15) is 15.9 Å². The molecule has 1 amide bonds. The van der Waals surface area contributed by atoms with Gasteiger partial charge in [-0.1, -0.05) is 41.6 Å². The highest BCUT2D eigenvalue weighted by atomic mass is 35.5. The van der Waals surface area contributed by atoms with Crippen molar-refractivity contribution >= 4 is 50.0 Å². The van der Waals surface area contributed by atoms with Crippen molar-refractivity contribution in [2.45, 2.75) is 17.7 Å². The number of amidine groups is 1. The third-order valence-corrected chi connectivity index (χ3v) is 8.20. The van der Waals surface area contributed by atoms with Gasteiger partial charge in [-0.25, -0.2) is 8.42 Å². The number of nitrogens with zero attached hydrogens (tertiary/aromatic N) is 1. The van der Waals surface area contributed by atoms with E-state index in [1.807, 2.05) is 36.4 Å². The van der Waals surface area contributed by atoms with Crippen molar-refractivity contribution in [3.63, 3.8) is 0 Å². The molecule has 0 unspecified atom stereocenters. The maximum absolute atomic E-state index is 12.4. The minimum atomic E-state index is -2.97. The van der Waals surface area contributed by atoms with Crippen LogP contribution >= 0.6 is 23.4 Å². The van der Waals surface area contributed by atoms with Crippen LogP contribution in [0.3, 0.4) is 0 Å². The zero-order valence-electron chi connectivity index (χ0n) is 15.5. The lowest BCUT2D eigenvalue weighted by atomic mass is 10.1. The predicted octanol–water partition coefficient (Wildman–Crippen LogP) is 2.99. The van der Waals surface area contributed by atoms with E-state index >= 15 is 0 Å². The van der Waals surface area contributed by atoms with Gasteiger partial charge in [0, 0.05) is 28.1 Å². The molecule has 2 aliphatic rings. The summed E-state index contributed by atoms with van der Waals surface area (Å²) < 4.78 is 23.3. The zero-order chi connectivity index (χ0) is 20.4. The monoisotopic (exact) mass is 449 g/mol. The van der Waals surface area contributed by atoms with Gasteiger partial charge in [-0.05, 0) is 42.3 Å². The van der Waals surface area contributed by atoms with Crippen molar-refractivity contribution in [1.29, 1.82) is 0 Å². The Labute approximate surface area is 179 Å². The highest BCUT2D eigenvalue weighted by Gasteiger charge is 2.42. The molecule has 0 aliphatic carbocycles. The summed E-state index contributed by atoms with van der Waals surface area (Å²) >= 11 is 7.33. The second-order valence-corrected chi connectivity index (χ2v) is 10.9. The summed E-state index contributed by atoms with van der Waals surface area (Å²) in [7, 11) is -2.97. The Balaban J connectivity index is 1.32. The molecule has 29 heavy (non-hydrogen) atoms. The summed E-state index contributed by atoms with van der Waals surface area (Å²) in [6, 6.07) is 14.6. The molecule has 0 saturated carbocycles. The van der Waals surface area contributed by atoms with E-state index in [-0.39, 0.29) is 28.7 Å². The van der Waals surface area contributed by atoms with Crippen LogP contribution < -0.4 is 10.6 Å². The Hall–Kier alpha value is -2.03. The molecule has 4 rings (SSSR count). The van der Waals surface area contributed by atoms with Crippen molar-refractivity contribution in [1.82, 2.24) is 5.32 Å². The average molecular weight is 450 g/mol. The molecule has 2 aliphatic heterocycles. The number of carbonyl (C=O) groups is 1. The summed E-state index contributed by atoms with van der Waals surface area (Å²) in [5.74, 6) is 0.144. The van der Waals surface area contributed by atoms with Gasteiger partial charge in [0.25, 0.3) is 5.91 Å². The number of fused-ring (bicyclic) bond motifs is 1. The largest absolute Gasteiger partial charge is 0.352 e. The molecule has 152 valence electrons. The molecule has 2 atom stereocenters. The van der Waals surface area contributed by atoms with Gasteiger partial charge in [-0.3, -0.25) is 9.79 Å². The van der Waals surface area contributed by atoms with Crippen LogP contribution in [0.15, 0.2) is 53.5 Å². The van der Waals surface area contributed by atoms with Crippen LogP contribution in [-0.2, 0) is 16.3 Å². The molecular formula is C20H20ClN3O3S2. The second kappa shape index (κ2) is 8.38. The molecule has 0 bridgehead atoms. The fourth-order valence-electron chi connectivity index (χ4n) is 3.35. The van der Waals surface area contributed by atoms with E-state index in [1.54, 1.807) is 12.1 Å². The van der Waals surface area contributed by atoms with E-state index in [1.165, 1.54) is 11.8 Å². The number of hydrogen-bond acceptors (Lipinski definition) is 6. The quantitative estimate of drug-likeness (QED) is 0.732. The third-order valence-electron chi connectivity index (χ3n) is 4.81. The van der Waals surface area contributed by atoms with Crippen molar-refractivity contribution in [3.8, 4) is 0 Å². The second-order valence-electron chi connectivity index (χ2n) is 7.07. The normalized spacial score (nSPS) is 22.0. The van der Waals surface area contributed by atoms with Gasteiger partial charge < -0.3 is 10.6 Å². The Kier molecular flexibility index (Phi) is 5.85. The maximum Gasteiger partial charge on any atom is 0.251 e. The van der Waals surface area contributed by atoms with Gasteiger partial charge in [-0.2, -0.15) is 0 Å². The first kappa shape index (κ1) is 20.3. The van der Waals surface area contributed by atoms with E-state index in [0.717, 1.165) is 17.7 Å². The molecule has 0 spiro atoms. The van der Waals surface area contributed by atoms with Crippen molar-refractivity contribution in [2.24, 2.45) is 4.99 Å². The lowest BCUT2D eigenvalue weighted by molar-refractivity contribution is 0.0954. The lowest BCUT2D eigenvalue weighted by Crippen LogP contribution is -2.25. The first-order valence-corrected chi connectivity index (χ1v) is 12.3. The standard InChI is InChI=1S/C20H20ClN3O3S2/c21-15-6-4-13(5-7-15)8-9-22-19(25)14-2-1-3-16(10-14)23-20-24-17-11-29(26,27)12-18(17)28-20/h1-7,10,17-18H,8-9,11-12H2,(H,22,25)(H,23,24)/t17-,18-/m1/s1. The fraction of sp³-hybridized carbons (Fsp3) is 0.300. The Morgan fingerprint density at radius 1 is 1.17 bits per heavy atom. The van der Waals surface area contributed by atoms with E-state index in [0.29, 0.717) is 22.3 Å². The topological polar surface area (TPSA) is 87.6 Å². The number of amides is 1. The summed E-state index contributed by atoms with van der Waals surface area (Å²) in [6.45, 7) is 0.526. The predicted molar refractivity (Wildman–Crippen MR) is 119 cm³/mol. The Bertz CT molecular complexity index is 1050. The highest BCUT2D eigenvalue weighted by molar-refractivity contribution is 8.15. The molecule has 9 heteroatoms. The van der Waals surface area contributed by atoms with Crippen molar-refractivity contribution in [3.05, 3.63) is 64.7 Å². The van der Waals surface area contributed by atoms with E-state index in [9.17, 15) is 13.2 Å². The molecule has 0 aromatic heterocycles. The first-order valence-electron chi connectivity index (χ1n) is 9.23. The summed E-state index contributed by atoms with van der Waals surface area (Å²) in [4.78, 5) is 16.9.